The zero-order valence-electron chi connectivity index (χ0n) is 14.0. The van der Waals surface area contributed by atoms with E-state index < -0.39 is 0 Å². The maximum atomic E-state index is 12.4. The molecule has 132 valence electrons. The van der Waals surface area contributed by atoms with Gasteiger partial charge in [0.1, 0.15) is 18.4 Å². The standard InChI is InChI=1S/C19H14N6O2/c26-17-3-1-2-14(8-17)18-20-9-15(10-21-18)24-19(27)13-4-6-16(7-5-13)25-11-22-23-12-25/h1-12,26H,(H,24,27). The summed E-state index contributed by atoms with van der Waals surface area (Å²) >= 11 is 0. The number of nitrogens with zero attached hydrogens (tertiary/aromatic N) is 5. The molecule has 0 fully saturated rings. The Bertz CT molecular complexity index is 1060. The van der Waals surface area contributed by atoms with Crippen LogP contribution in [0.3, 0.4) is 0 Å². The SMILES string of the molecule is O=C(Nc1cnc(-c2cccc(O)c2)nc1)c1ccc(-n2cnnc2)cc1. The summed E-state index contributed by atoms with van der Waals surface area (Å²) in [4.78, 5) is 20.8. The van der Waals surface area contributed by atoms with Gasteiger partial charge in [-0.15, -0.1) is 10.2 Å². The van der Waals surface area contributed by atoms with Crippen LogP contribution in [0, 0.1) is 0 Å². The normalized spacial score (nSPS) is 10.5. The maximum absolute atomic E-state index is 12.4. The predicted molar refractivity (Wildman–Crippen MR) is 98.4 cm³/mol. The van der Waals surface area contributed by atoms with Crippen LogP contribution in [0.4, 0.5) is 5.69 Å². The van der Waals surface area contributed by atoms with Gasteiger partial charge in [-0.1, -0.05) is 12.1 Å². The molecule has 27 heavy (non-hydrogen) atoms. The van der Waals surface area contributed by atoms with Crippen molar-refractivity contribution in [1.29, 1.82) is 0 Å². The fourth-order valence-corrected chi connectivity index (χ4v) is 2.51. The second kappa shape index (κ2) is 7.04. The zero-order chi connectivity index (χ0) is 18.6. The highest BCUT2D eigenvalue weighted by atomic mass is 16.3. The summed E-state index contributed by atoms with van der Waals surface area (Å²) in [6.07, 6.45) is 6.21. The van der Waals surface area contributed by atoms with Crippen LogP contribution in [0.2, 0.25) is 0 Å². The second-order valence-electron chi connectivity index (χ2n) is 5.72. The lowest BCUT2D eigenvalue weighted by molar-refractivity contribution is 0.102. The van der Waals surface area contributed by atoms with Gasteiger partial charge in [0.15, 0.2) is 5.82 Å². The van der Waals surface area contributed by atoms with E-state index in [1.54, 1.807) is 65.8 Å². The molecule has 0 spiro atoms. The molecule has 2 N–H and O–H groups in total. The average molecular weight is 358 g/mol. The number of anilines is 1. The van der Waals surface area contributed by atoms with Gasteiger partial charge in [-0.05, 0) is 36.4 Å². The molecule has 1 amide bonds. The van der Waals surface area contributed by atoms with Crippen LogP contribution >= 0.6 is 0 Å². The quantitative estimate of drug-likeness (QED) is 0.581. The summed E-state index contributed by atoms with van der Waals surface area (Å²) in [6.45, 7) is 0. The Labute approximate surface area is 154 Å². The molecule has 0 unspecified atom stereocenters. The molecule has 0 saturated heterocycles. The molecule has 0 aliphatic carbocycles. The third-order valence-corrected chi connectivity index (χ3v) is 3.86. The van der Waals surface area contributed by atoms with Crippen LogP contribution in [0.15, 0.2) is 73.6 Å². The predicted octanol–water partition coefficient (Wildman–Crippen LogP) is 2.68. The van der Waals surface area contributed by atoms with Crippen molar-refractivity contribution in [2.24, 2.45) is 0 Å². The Morgan fingerprint density at radius 3 is 2.33 bits per heavy atom. The van der Waals surface area contributed by atoms with E-state index in [-0.39, 0.29) is 11.7 Å². The fourth-order valence-electron chi connectivity index (χ4n) is 2.51. The first-order chi connectivity index (χ1) is 13.2. The number of amides is 1. The van der Waals surface area contributed by atoms with Gasteiger partial charge in [-0.2, -0.15) is 0 Å². The Hall–Kier alpha value is -4.07. The highest BCUT2D eigenvalue weighted by Gasteiger charge is 2.08. The monoisotopic (exact) mass is 358 g/mol. The largest absolute Gasteiger partial charge is 0.508 e. The molecule has 8 nitrogen and oxygen atoms in total. The minimum absolute atomic E-state index is 0.142. The third kappa shape index (κ3) is 3.64. The molecule has 0 radical (unpaired) electrons. The van der Waals surface area contributed by atoms with Crippen molar-refractivity contribution >= 4 is 11.6 Å². The number of phenols is 1. The first-order valence-corrected chi connectivity index (χ1v) is 8.07. The summed E-state index contributed by atoms with van der Waals surface area (Å²) in [5, 5.41) is 19.8. The molecule has 0 bridgehead atoms. The Morgan fingerprint density at radius 1 is 0.963 bits per heavy atom. The minimum Gasteiger partial charge on any atom is -0.508 e. The van der Waals surface area contributed by atoms with Gasteiger partial charge in [-0.25, -0.2) is 9.97 Å². The second-order valence-corrected chi connectivity index (χ2v) is 5.72. The molecule has 0 atom stereocenters. The summed E-state index contributed by atoms with van der Waals surface area (Å²) in [7, 11) is 0. The number of hydrogen-bond donors (Lipinski definition) is 2. The number of benzene rings is 2. The highest BCUT2D eigenvalue weighted by Crippen LogP contribution is 2.20. The maximum Gasteiger partial charge on any atom is 0.255 e. The summed E-state index contributed by atoms with van der Waals surface area (Å²) in [6, 6.07) is 13.7. The van der Waals surface area contributed by atoms with E-state index in [1.807, 2.05) is 0 Å². The molecule has 0 aliphatic heterocycles. The van der Waals surface area contributed by atoms with E-state index >= 15 is 0 Å². The van der Waals surface area contributed by atoms with Crippen LogP contribution in [0.5, 0.6) is 5.75 Å². The molecule has 4 aromatic rings. The van der Waals surface area contributed by atoms with Crippen molar-refractivity contribution in [2.75, 3.05) is 5.32 Å². The number of carbonyl (C=O) groups excluding carboxylic acids is 1. The fraction of sp³-hybridized carbons (Fsp3) is 0. The lowest BCUT2D eigenvalue weighted by Gasteiger charge is -2.07. The molecule has 2 aromatic heterocycles. The van der Waals surface area contributed by atoms with Crippen molar-refractivity contribution in [1.82, 2.24) is 24.7 Å². The summed E-state index contributed by atoms with van der Waals surface area (Å²) < 4.78 is 1.75. The van der Waals surface area contributed by atoms with E-state index in [4.69, 9.17) is 0 Å². The van der Waals surface area contributed by atoms with E-state index in [1.165, 1.54) is 12.4 Å². The number of carbonyl (C=O) groups is 1. The van der Waals surface area contributed by atoms with Crippen LogP contribution in [-0.4, -0.2) is 35.7 Å². The topological polar surface area (TPSA) is 106 Å². The Balaban J connectivity index is 1.46. The molecular weight excluding hydrogens is 344 g/mol. The lowest BCUT2D eigenvalue weighted by Crippen LogP contribution is -2.12. The Morgan fingerprint density at radius 2 is 1.67 bits per heavy atom. The molecule has 0 saturated carbocycles. The van der Waals surface area contributed by atoms with Crippen molar-refractivity contribution in [3.05, 3.63) is 79.1 Å². The number of hydrogen-bond acceptors (Lipinski definition) is 6. The van der Waals surface area contributed by atoms with Gasteiger partial charge in [-0.3, -0.25) is 9.36 Å². The van der Waals surface area contributed by atoms with E-state index in [9.17, 15) is 9.90 Å². The van der Waals surface area contributed by atoms with Crippen molar-refractivity contribution in [2.45, 2.75) is 0 Å². The molecule has 2 aromatic carbocycles. The number of aromatic nitrogens is 5. The van der Waals surface area contributed by atoms with E-state index in [2.05, 4.69) is 25.5 Å². The van der Waals surface area contributed by atoms with Gasteiger partial charge >= 0.3 is 0 Å². The number of phenolic OH excluding ortho intramolecular Hbond substituents is 1. The average Bonchev–Trinajstić information content (AvgIpc) is 3.23. The van der Waals surface area contributed by atoms with E-state index in [0.717, 1.165) is 5.69 Å². The van der Waals surface area contributed by atoms with Gasteiger partial charge in [0.2, 0.25) is 0 Å². The molecule has 0 aliphatic rings. The van der Waals surface area contributed by atoms with Crippen molar-refractivity contribution < 1.29 is 9.90 Å². The zero-order valence-corrected chi connectivity index (χ0v) is 14.0. The molecule has 2 heterocycles. The molecule has 8 heteroatoms. The van der Waals surface area contributed by atoms with Gasteiger partial charge < -0.3 is 10.4 Å². The van der Waals surface area contributed by atoms with Gasteiger partial charge in [0.25, 0.3) is 5.91 Å². The Kier molecular flexibility index (Phi) is 4.28. The van der Waals surface area contributed by atoms with Crippen LogP contribution in [0.1, 0.15) is 10.4 Å². The third-order valence-electron chi connectivity index (χ3n) is 3.86. The van der Waals surface area contributed by atoms with Gasteiger partial charge in [0.05, 0.1) is 18.1 Å². The van der Waals surface area contributed by atoms with Crippen molar-refractivity contribution in [3.63, 3.8) is 0 Å². The number of rotatable bonds is 4. The first kappa shape index (κ1) is 16.4. The first-order valence-electron chi connectivity index (χ1n) is 8.07. The number of aromatic hydroxyl groups is 1. The van der Waals surface area contributed by atoms with Crippen molar-refractivity contribution in [3.8, 4) is 22.8 Å². The number of nitrogens with one attached hydrogen (secondary N) is 1. The van der Waals surface area contributed by atoms with Gasteiger partial charge in [0, 0.05) is 16.8 Å². The highest BCUT2D eigenvalue weighted by molar-refractivity contribution is 6.04. The van der Waals surface area contributed by atoms with Crippen LogP contribution < -0.4 is 5.32 Å². The summed E-state index contributed by atoms with van der Waals surface area (Å²) in [5.41, 5.74) is 2.53. The van der Waals surface area contributed by atoms with E-state index in [0.29, 0.717) is 22.6 Å². The molecular formula is C19H14N6O2. The minimum atomic E-state index is -0.265. The smallest absolute Gasteiger partial charge is 0.255 e. The summed E-state index contributed by atoms with van der Waals surface area (Å²) in [5.74, 6) is 0.338. The molecule has 4 rings (SSSR count). The van der Waals surface area contributed by atoms with Crippen LogP contribution in [0.25, 0.3) is 17.1 Å². The van der Waals surface area contributed by atoms with Crippen LogP contribution in [-0.2, 0) is 0 Å². The lowest BCUT2D eigenvalue weighted by atomic mass is 10.2.